The minimum atomic E-state index is -2.60. The molecule has 136 valence electrons. The van der Waals surface area contributed by atoms with Crippen LogP contribution in [0.3, 0.4) is 0 Å². The lowest BCUT2D eigenvalue weighted by atomic mass is 10.1. The molecule has 0 aliphatic carbocycles. The van der Waals surface area contributed by atoms with Gasteiger partial charge in [-0.15, -0.1) is 0 Å². The molecule has 0 unspecified atom stereocenters. The molecule has 0 amide bonds. The fourth-order valence-corrected chi connectivity index (χ4v) is 2.67. The molecule has 7 heteroatoms. The Balaban J connectivity index is 1.94. The highest BCUT2D eigenvalue weighted by Crippen LogP contribution is 2.13. The van der Waals surface area contributed by atoms with Gasteiger partial charge in [-0.1, -0.05) is 29.3 Å². The lowest BCUT2D eigenvalue weighted by Gasteiger charge is -2.12. The second-order valence-electron chi connectivity index (χ2n) is 5.90. The summed E-state index contributed by atoms with van der Waals surface area (Å²) in [5.74, 6) is 0.831. The van der Waals surface area contributed by atoms with E-state index in [4.69, 9.17) is 0 Å². The van der Waals surface area contributed by atoms with E-state index in [0.717, 1.165) is 11.0 Å². The molecule has 2 N–H and O–H groups in total. The molecule has 0 radical (unpaired) electrons. The molecule has 0 aliphatic rings. The predicted octanol–water partition coefficient (Wildman–Crippen LogP) is 3.19. The Labute approximate surface area is 147 Å². The molecular formula is C18H25F2N5. The fourth-order valence-electron chi connectivity index (χ4n) is 2.67. The summed E-state index contributed by atoms with van der Waals surface area (Å²) in [5, 5.41) is 6.35. The van der Waals surface area contributed by atoms with E-state index >= 15 is 0 Å². The Morgan fingerprint density at radius 3 is 2.56 bits per heavy atom. The summed E-state index contributed by atoms with van der Waals surface area (Å²) in [4.78, 5) is 8.28. The van der Waals surface area contributed by atoms with Crippen LogP contribution in [0.4, 0.5) is 8.78 Å². The van der Waals surface area contributed by atoms with E-state index in [9.17, 15) is 8.78 Å². The van der Waals surface area contributed by atoms with Crippen LogP contribution in [-0.4, -0.2) is 28.6 Å². The minimum absolute atomic E-state index is 0.0935. The highest BCUT2D eigenvalue weighted by Gasteiger charge is 2.10. The van der Waals surface area contributed by atoms with Gasteiger partial charge in [-0.2, -0.15) is 8.78 Å². The SMILES string of the molecule is CCNC(=NCc1nccn1C(F)F)NCCc1cc(C)cc(C)c1. The zero-order valence-corrected chi connectivity index (χ0v) is 14.9. The maximum atomic E-state index is 12.8. The maximum absolute atomic E-state index is 12.8. The Morgan fingerprint density at radius 1 is 1.20 bits per heavy atom. The topological polar surface area (TPSA) is 54.2 Å². The number of aliphatic imine (C=N–C) groups is 1. The summed E-state index contributed by atoms with van der Waals surface area (Å²) in [6.07, 6.45) is 3.48. The van der Waals surface area contributed by atoms with E-state index in [0.29, 0.717) is 19.0 Å². The first-order chi connectivity index (χ1) is 12.0. The van der Waals surface area contributed by atoms with Crippen LogP contribution in [0.2, 0.25) is 0 Å². The maximum Gasteiger partial charge on any atom is 0.319 e. The van der Waals surface area contributed by atoms with Crippen LogP contribution in [0, 0.1) is 13.8 Å². The number of halogens is 2. The molecule has 0 bridgehead atoms. The van der Waals surface area contributed by atoms with Gasteiger partial charge in [0.1, 0.15) is 12.4 Å². The van der Waals surface area contributed by atoms with E-state index in [2.05, 4.69) is 52.7 Å². The first kappa shape index (κ1) is 18.9. The second-order valence-corrected chi connectivity index (χ2v) is 5.90. The quantitative estimate of drug-likeness (QED) is 0.596. The smallest absolute Gasteiger partial charge is 0.319 e. The van der Waals surface area contributed by atoms with Crippen molar-refractivity contribution >= 4 is 5.96 Å². The first-order valence-corrected chi connectivity index (χ1v) is 8.38. The zero-order chi connectivity index (χ0) is 18.2. The fraction of sp³-hybridized carbons (Fsp3) is 0.444. The third-order valence-electron chi connectivity index (χ3n) is 3.67. The van der Waals surface area contributed by atoms with Crippen LogP contribution in [0.25, 0.3) is 0 Å². The molecule has 1 aromatic carbocycles. The average Bonchev–Trinajstić information content (AvgIpc) is 3.00. The summed E-state index contributed by atoms with van der Waals surface area (Å²) < 4.78 is 26.5. The average molecular weight is 349 g/mol. The van der Waals surface area contributed by atoms with Gasteiger partial charge in [0, 0.05) is 25.5 Å². The van der Waals surface area contributed by atoms with Crippen LogP contribution in [0.15, 0.2) is 35.6 Å². The van der Waals surface area contributed by atoms with Crippen LogP contribution >= 0.6 is 0 Å². The van der Waals surface area contributed by atoms with Gasteiger partial charge in [0.15, 0.2) is 5.96 Å². The van der Waals surface area contributed by atoms with Gasteiger partial charge in [-0.3, -0.25) is 4.57 Å². The zero-order valence-electron chi connectivity index (χ0n) is 14.9. The summed E-state index contributed by atoms with van der Waals surface area (Å²) in [5.41, 5.74) is 3.75. The van der Waals surface area contributed by atoms with E-state index < -0.39 is 6.55 Å². The number of aryl methyl sites for hydroxylation is 2. The van der Waals surface area contributed by atoms with Gasteiger partial charge < -0.3 is 10.6 Å². The Bertz CT molecular complexity index is 689. The van der Waals surface area contributed by atoms with Gasteiger partial charge in [-0.05, 0) is 32.8 Å². The highest BCUT2D eigenvalue weighted by atomic mass is 19.3. The number of hydrogen-bond acceptors (Lipinski definition) is 2. The third-order valence-corrected chi connectivity index (χ3v) is 3.67. The standard InChI is InChI=1S/C18H25F2N5/c1-4-21-18(24-12-16-22-7-8-25(16)17(19)20)23-6-5-15-10-13(2)9-14(3)11-15/h7-11,17H,4-6,12H2,1-3H3,(H2,21,23,24). The molecule has 0 spiro atoms. The van der Waals surface area contributed by atoms with Crippen molar-refractivity contribution in [3.8, 4) is 0 Å². The molecule has 25 heavy (non-hydrogen) atoms. The Kier molecular flexibility index (Phi) is 6.91. The van der Waals surface area contributed by atoms with Crippen molar-refractivity contribution in [2.45, 2.75) is 40.3 Å². The Morgan fingerprint density at radius 2 is 1.92 bits per heavy atom. The number of hydrogen-bond donors (Lipinski definition) is 2. The summed E-state index contributed by atoms with van der Waals surface area (Å²) in [6.45, 7) is 5.02. The molecule has 1 heterocycles. The lowest BCUT2D eigenvalue weighted by Crippen LogP contribution is -2.38. The van der Waals surface area contributed by atoms with Crippen LogP contribution in [0.5, 0.6) is 0 Å². The summed E-state index contributed by atoms with van der Waals surface area (Å²) >= 11 is 0. The van der Waals surface area contributed by atoms with Crippen LogP contribution < -0.4 is 10.6 Å². The van der Waals surface area contributed by atoms with Crippen molar-refractivity contribution in [2.75, 3.05) is 13.1 Å². The van der Waals surface area contributed by atoms with Gasteiger partial charge in [0.2, 0.25) is 0 Å². The monoisotopic (exact) mass is 349 g/mol. The molecule has 0 saturated carbocycles. The van der Waals surface area contributed by atoms with Crippen LogP contribution in [-0.2, 0) is 13.0 Å². The van der Waals surface area contributed by atoms with Crippen molar-refractivity contribution in [3.05, 3.63) is 53.1 Å². The first-order valence-electron chi connectivity index (χ1n) is 8.38. The van der Waals surface area contributed by atoms with E-state index in [1.54, 1.807) is 0 Å². The molecular weight excluding hydrogens is 324 g/mol. The summed E-state index contributed by atoms with van der Waals surface area (Å²) in [7, 11) is 0. The van der Waals surface area contributed by atoms with Gasteiger partial charge in [0.25, 0.3) is 0 Å². The van der Waals surface area contributed by atoms with E-state index in [1.165, 1.54) is 29.1 Å². The van der Waals surface area contributed by atoms with Crippen molar-refractivity contribution < 1.29 is 8.78 Å². The number of benzene rings is 1. The number of nitrogens with zero attached hydrogens (tertiary/aromatic N) is 3. The van der Waals surface area contributed by atoms with Crippen molar-refractivity contribution in [2.24, 2.45) is 4.99 Å². The normalized spacial score (nSPS) is 11.8. The number of alkyl halides is 2. The minimum Gasteiger partial charge on any atom is -0.357 e. The Hall–Kier alpha value is -2.44. The van der Waals surface area contributed by atoms with Gasteiger partial charge in [0.05, 0.1) is 0 Å². The molecule has 2 rings (SSSR count). The molecule has 0 atom stereocenters. The molecule has 1 aromatic heterocycles. The predicted molar refractivity (Wildman–Crippen MR) is 95.9 cm³/mol. The van der Waals surface area contributed by atoms with Crippen molar-refractivity contribution in [1.29, 1.82) is 0 Å². The van der Waals surface area contributed by atoms with Crippen LogP contribution in [0.1, 0.15) is 36.0 Å². The van der Waals surface area contributed by atoms with Gasteiger partial charge >= 0.3 is 6.55 Å². The molecule has 2 aromatic rings. The molecule has 0 saturated heterocycles. The molecule has 0 fully saturated rings. The molecule has 5 nitrogen and oxygen atoms in total. The third kappa shape index (κ3) is 5.85. The lowest BCUT2D eigenvalue weighted by molar-refractivity contribution is 0.0671. The number of imidazole rings is 1. The molecule has 0 aliphatic heterocycles. The number of rotatable bonds is 7. The number of aromatic nitrogens is 2. The number of nitrogens with one attached hydrogen (secondary N) is 2. The second kappa shape index (κ2) is 9.15. The largest absolute Gasteiger partial charge is 0.357 e. The highest BCUT2D eigenvalue weighted by molar-refractivity contribution is 5.79. The van der Waals surface area contributed by atoms with Crippen molar-refractivity contribution in [3.63, 3.8) is 0 Å². The summed E-state index contributed by atoms with van der Waals surface area (Å²) in [6, 6.07) is 6.48. The number of guanidine groups is 1. The van der Waals surface area contributed by atoms with Gasteiger partial charge in [-0.25, -0.2) is 9.98 Å². The van der Waals surface area contributed by atoms with E-state index in [-0.39, 0.29) is 12.4 Å². The van der Waals surface area contributed by atoms with E-state index in [1.807, 2.05) is 6.92 Å². The van der Waals surface area contributed by atoms with Crippen molar-refractivity contribution in [1.82, 2.24) is 20.2 Å².